The molecule has 1 nitrogen and oxygen atoms in total. The summed E-state index contributed by atoms with van der Waals surface area (Å²) in [6.45, 7) is 0. The molecule has 0 aromatic carbocycles. The molecule has 0 amide bonds. The first kappa shape index (κ1) is 55.7. The van der Waals surface area contributed by atoms with Gasteiger partial charge in [-0.1, -0.05) is 4.57 Å². The van der Waals surface area contributed by atoms with Crippen molar-refractivity contribution >= 4 is 58.7 Å². The first-order valence-electron chi connectivity index (χ1n) is 0.236. The average Bonchev–Trinajstić information content (AvgIpc) is 1.00. The van der Waals surface area contributed by atoms with Crippen LogP contribution in [-0.4, -0.2) is 0 Å². The van der Waals surface area contributed by atoms with E-state index in [1.165, 1.54) is 9.12 Å². The van der Waals surface area contributed by atoms with Crippen LogP contribution in [0.4, 0.5) is 0 Å². The Morgan fingerprint density at radius 2 is 0.667 bits per heavy atom. The fourth-order valence-electron chi connectivity index (χ4n) is 0. The second-order valence-corrected chi connectivity index (χ2v) is 0. The fourth-order valence-corrected chi connectivity index (χ4v) is 0. The van der Waals surface area contributed by atoms with Crippen LogP contribution in [0.15, 0.2) is 0 Å². The molecule has 0 radical (unpaired) electrons. The number of hydrogen-bond acceptors (Lipinski definition) is 1. The summed E-state index contributed by atoms with van der Waals surface area (Å²) in [7, 11) is 1.17. The molecule has 0 aromatic rings. The van der Waals surface area contributed by atoms with Gasteiger partial charge in [-0.25, -0.2) is 0 Å². The van der Waals surface area contributed by atoms with Crippen LogP contribution in [0.5, 0.6) is 0 Å². The summed E-state index contributed by atoms with van der Waals surface area (Å²) >= 11 is 0. The zero-order valence-corrected chi connectivity index (χ0v) is 7.04. The van der Waals surface area contributed by atoms with E-state index in [0.29, 0.717) is 0 Å². The molecule has 1 atom stereocenters. The summed E-state index contributed by atoms with van der Waals surface area (Å²) in [6, 6.07) is 0. The molecule has 0 aliphatic heterocycles. The van der Waals surface area contributed by atoms with Crippen LogP contribution in [0.25, 0.3) is 0 Å². The van der Waals surface area contributed by atoms with E-state index in [0.717, 1.165) is 0 Å². The molecule has 0 aliphatic carbocycles. The second kappa shape index (κ2) is 109. The Morgan fingerprint density at radius 3 is 0.667 bits per heavy atom. The van der Waals surface area contributed by atoms with Gasteiger partial charge >= 0.3 is 9.12 Å². The molecule has 6 heavy (non-hydrogen) atoms. The quantitative estimate of drug-likeness (QED) is 0.539. The Kier molecular flexibility index (Phi) is 1010. The molecule has 0 saturated carbocycles. The smallest absolute Gasteiger partial charge is 0.147 e. The van der Waals surface area contributed by atoms with Gasteiger partial charge in [0.25, 0.3) is 0 Å². The zero-order valence-electron chi connectivity index (χ0n) is 2.62. The van der Waals surface area contributed by atoms with Gasteiger partial charge in [0, 0.05) is 0 Å². The molecule has 0 spiro atoms. The lowest BCUT2D eigenvalue weighted by Crippen LogP contribution is -0.489. The third kappa shape index (κ3) is 60.1. The van der Waals surface area contributed by atoms with Gasteiger partial charge in [0.1, 0.15) is 0 Å². The predicted molar refractivity (Wildman–Crippen MR) is 39.4 cm³/mol. The summed E-state index contributed by atoms with van der Waals surface area (Å²) in [6.07, 6.45) is 0. The topological polar surface area (TPSA) is 17.1 Å². The van der Waals surface area contributed by atoms with Crippen LogP contribution < -0.4 is 0 Å². The molecular formula is H6Cl4OP+. The normalized spacial score (nSPS) is 0.667. The Balaban J connectivity index is -0.000000000833. The van der Waals surface area contributed by atoms with Crippen LogP contribution in [0.2, 0.25) is 0 Å². The van der Waals surface area contributed by atoms with Crippen LogP contribution >= 0.6 is 58.7 Å². The molecule has 0 aliphatic rings. The summed E-state index contributed by atoms with van der Waals surface area (Å²) < 4.78 is 8.17. The van der Waals surface area contributed by atoms with Crippen LogP contribution in [-0.2, 0) is 4.57 Å². The van der Waals surface area contributed by atoms with E-state index in [1.807, 2.05) is 0 Å². The third-order valence-electron chi connectivity index (χ3n) is 0. The largest absolute Gasteiger partial charge is 0.310 e. The van der Waals surface area contributed by atoms with E-state index in [-0.39, 0.29) is 49.6 Å². The summed E-state index contributed by atoms with van der Waals surface area (Å²) in [5, 5.41) is 0. The highest BCUT2D eigenvalue weighted by Crippen LogP contribution is 1.23. The molecule has 0 saturated heterocycles. The molecule has 1 unspecified atom stereocenters. The lowest BCUT2D eigenvalue weighted by atomic mass is 16.0. The first-order valence-corrected chi connectivity index (χ1v) is 0.707. The number of halogens is 4. The van der Waals surface area contributed by atoms with Crippen molar-refractivity contribution < 1.29 is 4.57 Å². The van der Waals surface area contributed by atoms with Crippen molar-refractivity contribution in [2.24, 2.45) is 0 Å². The van der Waals surface area contributed by atoms with Gasteiger partial charge in [0.2, 0.25) is 0 Å². The Labute approximate surface area is 63.5 Å². The Bertz CT molecular complexity index is 7.51. The lowest BCUT2D eigenvalue weighted by Gasteiger charge is -0.618. The maximum atomic E-state index is 8.17. The third-order valence-corrected chi connectivity index (χ3v) is 0. The predicted octanol–water partition coefficient (Wildman–Crippen LogP) is 1.89. The standard InChI is InChI=1S/4ClH.H2OP/c;;;;1-2/h4*1H;2H2/q;;;;+1. The van der Waals surface area contributed by atoms with Crippen molar-refractivity contribution in [3.63, 3.8) is 0 Å². The van der Waals surface area contributed by atoms with Crippen molar-refractivity contribution in [3.05, 3.63) is 0 Å². The van der Waals surface area contributed by atoms with Gasteiger partial charge in [-0.15, -0.1) is 49.6 Å². The minimum atomic E-state index is 0. The molecule has 0 fully saturated rings. The molecule has 6 heteroatoms. The maximum Gasteiger partial charge on any atom is 0.310 e. The van der Waals surface area contributed by atoms with E-state index in [9.17, 15) is 0 Å². The Morgan fingerprint density at radius 1 is 0.667 bits per heavy atom. The van der Waals surface area contributed by atoms with Crippen molar-refractivity contribution in [3.8, 4) is 0 Å². The maximum absolute atomic E-state index is 8.17. The van der Waals surface area contributed by atoms with Crippen molar-refractivity contribution in [1.29, 1.82) is 0 Å². The van der Waals surface area contributed by atoms with Crippen molar-refractivity contribution in [2.75, 3.05) is 0 Å². The number of hydrogen-bond donors (Lipinski definition) is 0. The van der Waals surface area contributed by atoms with Gasteiger partial charge in [0.05, 0.1) is 0 Å². The van der Waals surface area contributed by atoms with E-state index < -0.39 is 0 Å². The molecule has 0 bridgehead atoms. The van der Waals surface area contributed by atoms with Gasteiger partial charge in [0.15, 0.2) is 0 Å². The summed E-state index contributed by atoms with van der Waals surface area (Å²) in [5.74, 6) is 0. The van der Waals surface area contributed by atoms with Gasteiger partial charge in [-0.2, -0.15) is 0 Å². The molecule has 0 rings (SSSR count). The van der Waals surface area contributed by atoms with Crippen LogP contribution in [0, 0.1) is 0 Å². The minimum Gasteiger partial charge on any atom is -0.147 e. The fraction of sp³-hybridized carbons (Fsp3) is 0. The highest BCUT2D eigenvalue weighted by molar-refractivity contribution is 7.00. The van der Waals surface area contributed by atoms with E-state index in [1.54, 1.807) is 0 Å². The minimum absolute atomic E-state index is 0. The Hall–Kier alpha value is 1.26. The SMILES string of the molecule is Cl.Cl.Cl.Cl.O=[PH2+]. The highest BCUT2D eigenvalue weighted by atomic mass is 35.5. The second-order valence-electron chi connectivity index (χ2n) is 0. The molecular weight excluding hydrogens is 189 g/mol. The van der Waals surface area contributed by atoms with Crippen molar-refractivity contribution in [2.45, 2.75) is 0 Å². The summed E-state index contributed by atoms with van der Waals surface area (Å²) in [5.41, 5.74) is 0. The molecule has 44 valence electrons. The first-order chi connectivity index (χ1) is 1.00. The monoisotopic (exact) mass is 193 g/mol. The molecule has 0 N–H and O–H groups in total. The summed E-state index contributed by atoms with van der Waals surface area (Å²) in [4.78, 5) is 0. The van der Waals surface area contributed by atoms with Gasteiger partial charge in [-0.05, 0) is 0 Å². The van der Waals surface area contributed by atoms with E-state index in [4.69, 9.17) is 4.57 Å². The van der Waals surface area contributed by atoms with E-state index in [2.05, 4.69) is 0 Å². The van der Waals surface area contributed by atoms with E-state index >= 15 is 0 Å². The van der Waals surface area contributed by atoms with Crippen LogP contribution in [0.3, 0.4) is 0 Å². The molecule has 0 aromatic heterocycles. The van der Waals surface area contributed by atoms with Crippen molar-refractivity contribution in [1.82, 2.24) is 0 Å². The van der Waals surface area contributed by atoms with Gasteiger partial charge < -0.3 is 0 Å². The molecule has 0 heterocycles. The number of rotatable bonds is 0. The lowest BCUT2D eigenvalue weighted by molar-refractivity contribution is 0.607. The van der Waals surface area contributed by atoms with Crippen LogP contribution in [0.1, 0.15) is 0 Å². The zero-order chi connectivity index (χ0) is 2.00. The highest BCUT2D eigenvalue weighted by Gasteiger charge is 0.849. The average molecular weight is 195 g/mol. The van der Waals surface area contributed by atoms with Gasteiger partial charge in [-0.3, -0.25) is 0 Å².